The maximum Gasteiger partial charge on any atom is 0.404 e. The van der Waals surface area contributed by atoms with E-state index in [0.29, 0.717) is 0 Å². The van der Waals surface area contributed by atoms with Crippen molar-refractivity contribution in [2.45, 2.75) is 11.1 Å². The Labute approximate surface area is 117 Å². The summed E-state index contributed by atoms with van der Waals surface area (Å²) in [5, 5.41) is 0. The van der Waals surface area contributed by atoms with Crippen LogP contribution >= 0.6 is 21.4 Å². The van der Waals surface area contributed by atoms with Gasteiger partial charge in [0, 0.05) is 21.4 Å². The van der Waals surface area contributed by atoms with Crippen molar-refractivity contribution < 1.29 is 30.0 Å². The van der Waals surface area contributed by atoms with Crippen molar-refractivity contribution in [2.75, 3.05) is 5.75 Å². The molecule has 0 bridgehead atoms. The number of rotatable bonds is 2. The Morgan fingerprint density at radius 2 is 1.37 bits per heavy atom. The molecule has 0 atom stereocenters. The third kappa shape index (κ3) is 11.0. The van der Waals surface area contributed by atoms with Gasteiger partial charge in [-0.25, -0.2) is 16.8 Å². The molecule has 110 valence electrons. The molecule has 0 radical (unpaired) electrons. The Morgan fingerprint density at radius 1 is 0.947 bits per heavy atom. The topological polar surface area (TPSA) is 68.3 Å². The summed E-state index contributed by atoms with van der Waals surface area (Å²) in [5.41, 5.74) is 0. The second-order valence-corrected chi connectivity index (χ2v) is 8.39. The molecule has 0 fully saturated rings. The van der Waals surface area contributed by atoms with Crippen molar-refractivity contribution in [1.29, 1.82) is 0 Å². The lowest BCUT2D eigenvalue weighted by Gasteiger charge is -2.00. The summed E-state index contributed by atoms with van der Waals surface area (Å²) in [6.07, 6.45) is -4.74. The predicted octanol–water partition coefficient (Wildman–Crippen LogP) is 2.73. The van der Waals surface area contributed by atoms with E-state index in [-0.39, 0.29) is 4.90 Å². The van der Waals surface area contributed by atoms with Crippen molar-refractivity contribution in [3.63, 3.8) is 0 Å². The fraction of sp³-hybridized carbons (Fsp3) is 0.250. The molecule has 11 heteroatoms. The van der Waals surface area contributed by atoms with Crippen molar-refractivity contribution in [2.24, 2.45) is 0 Å². The molecule has 0 aliphatic heterocycles. The van der Waals surface area contributed by atoms with Crippen LogP contribution in [-0.2, 0) is 18.1 Å². The molecule has 0 aromatic heterocycles. The third-order valence-electron chi connectivity index (χ3n) is 1.36. The third-order valence-corrected chi connectivity index (χ3v) is 3.73. The Bertz CT molecular complexity index is 597. The van der Waals surface area contributed by atoms with E-state index in [1.165, 1.54) is 12.1 Å². The summed E-state index contributed by atoms with van der Waals surface area (Å²) in [6.45, 7) is 0. The van der Waals surface area contributed by atoms with Crippen LogP contribution in [0.4, 0.5) is 13.2 Å². The van der Waals surface area contributed by atoms with Crippen LogP contribution in [0, 0.1) is 0 Å². The lowest BCUT2D eigenvalue weighted by atomic mass is 10.4. The van der Waals surface area contributed by atoms with E-state index in [4.69, 9.17) is 10.7 Å². The Hall–Kier alpha value is -0.510. The first-order chi connectivity index (χ1) is 8.31. The standard InChI is InChI=1S/C6H5ClO2S.C2H2ClF3O2S/c7-10(8,9)6-4-2-1-3-5-6;3-9(7,8)1-2(4,5)6/h1-5H;1H2. The fourth-order valence-electron chi connectivity index (χ4n) is 0.779. The maximum absolute atomic E-state index is 11.1. The quantitative estimate of drug-likeness (QED) is 0.762. The van der Waals surface area contributed by atoms with Gasteiger partial charge in [-0.3, -0.25) is 0 Å². The molecule has 0 spiro atoms. The van der Waals surface area contributed by atoms with Crippen molar-refractivity contribution in [1.82, 2.24) is 0 Å². The van der Waals surface area contributed by atoms with Gasteiger partial charge in [0.25, 0.3) is 9.05 Å². The van der Waals surface area contributed by atoms with Crippen LogP contribution < -0.4 is 0 Å². The first kappa shape index (κ1) is 18.5. The van der Waals surface area contributed by atoms with Gasteiger partial charge in [0.1, 0.15) is 0 Å². The zero-order valence-corrected chi connectivity index (χ0v) is 12.1. The average molecular weight is 359 g/mol. The Morgan fingerprint density at radius 3 is 1.53 bits per heavy atom. The van der Waals surface area contributed by atoms with Crippen molar-refractivity contribution in [3.8, 4) is 0 Å². The van der Waals surface area contributed by atoms with Gasteiger partial charge in [-0.05, 0) is 12.1 Å². The zero-order valence-electron chi connectivity index (χ0n) is 8.93. The van der Waals surface area contributed by atoms with Crippen LogP contribution in [0.25, 0.3) is 0 Å². The SMILES string of the molecule is O=S(=O)(Cl)CC(F)(F)F.O=S(=O)(Cl)c1ccccc1. The van der Waals surface area contributed by atoms with E-state index in [1.807, 2.05) is 0 Å². The predicted molar refractivity (Wildman–Crippen MR) is 65.2 cm³/mol. The second-order valence-electron chi connectivity index (χ2n) is 3.05. The summed E-state index contributed by atoms with van der Waals surface area (Å²) in [6, 6.07) is 7.86. The highest BCUT2D eigenvalue weighted by molar-refractivity contribution is 8.14. The summed E-state index contributed by atoms with van der Waals surface area (Å²) in [5.74, 6) is -1.97. The first-order valence-corrected chi connectivity index (χ1v) is 9.09. The van der Waals surface area contributed by atoms with Crippen LogP contribution in [0.3, 0.4) is 0 Å². The minimum atomic E-state index is -4.74. The number of benzene rings is 1. The molecule has 0 aliphatic rings. The molecule has 0 unspecified atom stereocenters. The number of alkyl halides is 3. The monoisotopic (exact) mass is 358 g/mol. The lowest BCUT2D eigenvalue weighted by Crippen LogP contribution is -2.18. The molecule has 1 aromatic carbocycles. The van der Waals surface area contributed by atoms with Gasteiger partial charge in [0.2, 0.25) is 9.05 Å². The molecular formula is C8H7Cl2F3O4S2. The average Bonchev–Trinajstić information content (AvgIpc) is 2.12. The van der Waals surface area contributed by atoms with Gasteiger partial charge in [-0.15, -0.1) is 0 Å². The van der Waals surface area contributed by atoms with E-state index in [9.17, 15) is 30.0 Å². The number of halogens is 5. The normalized spacial score (nSPS) is 12.5. The molecule has 0 saturated carbocycles. The molecule has 0 aliphatic carbocycles. The van der Waals surface area contributed by atoms with Gasteiger partial charge in [-0.2, -0.15) is 13.2 Å². The van der Waals surface area contributed by atoms with E-state index in [2.05, 4.69) is 10.7 Å². The fourth-order valence-corrected chi connectivity index (χ4v) is 2.33. The molecule has 19 heavy (non-hydrogen) atoms. The molecule has 0 N–H and O–H groups in total. The molecular weight excluding hydrogens is 352 g/mol. The zero-order chi connectivity index (χ0) is 15.3. The molecule has 0 heterocycles. The molecule has 0 saturated heterocycles. The van der Waals surface area contributed by atoms with E-state index in [0.717, 1.165) is 0 Å². The number of hydrogen-bond acceptors (Lipinski definition) is 4. The first-order valence-electron chi connectivity index (χ1n) is 4.30. The lowest BCUT2D eigenvalue weighted by molar-refractivity contribution is -0.106. The molecule has 4 nitrogen and oxygen atoms in total. The summed E-state index contributed by atoms with van der Waals surface area (Å²) < 4.78 is 73.8. The van der Waals surface area contributed by atoms with Crippen LogP contribution in [0.1, 0.15) is 0 Å². The summed E-state index contributed by atoms with van der Waals surface area (Å²) in [4.78, 5) is 0.136. The highest BCUT2D eigenvalue weighted by Gasteiger charge is 2.33. The van der Waals surface area contributed by atoms with Crippen LogP contribution in [-0.4, -0.2) is 28.8 Å². The van der Waals surface area contributed by atoms with Gasteiger partial charge in [0.05, 0.1) is 4.90 Å². The molecule has 1 rings (SSSR count). The van der Waals surface area contributed by atoms with Gasteiger partial charge >= 0.3 is 6.18 Å². The minimum absolute atomic E-state index is 0.136. The van der Waals surface area contributed by atoms with Gasteiger partial charge in [-0.1, -0.05) is 18.2 Å². The smallest absolute Gasteiger partial charge is 0.212 e. The van der Waals surface area contributed by atoms with Crippen LogP contribution in [0.5, 0.6) is 0 Å². The summed E-state index contributed by atoms with van der Waals surface area (Å²) >= 11 is 0. The van der Waals surface area contributed by atoms with Crippen molar-refractivity contribution >= 4 is 39.5 Å². The van der Waals surface area contributed by atoms with Crippen LogP contribution in [0.2, 0.25) is 0 Å². The van der Waals surface area contributed by atoms with Gasteiger partial charge in [0.15, 0.2) is 5.75 Å². The van der Waals surface area contributed by atoms with E-state index >= 15 is 0 Å². The Kier molecular flexibility index (Phi) is 6.60. The Balaban J connectivity index is 0.000000344. The molecule has 0 amide bonds. The van der Waals surface area contributed by atoms with Crippen LogP contribution in [0.15, 0.2) is 35.2 Å². The molecule has 1 aromatic rings. The highest BCUT2D eigenvalue weighted by atomic mass is 35.7. The van der Waals surface area contributed by atoms with Crippen molar-refractivity contribution in [3.05, 3.63) is 30.3 Å². The van der Waals surface area contributed by atoms with Gasteiger partial charge < -0.3 is 0 Å². The number of hydrogen-bond donors (Lipinski definition) is 0. The van der Waals surface area contributed by atoms with E-state index < -0.39 is 30.0 Å². The summed E-state index contributed by atoms with van der Waals surface area (Å²) in [7, 11) is 1.34. The largest absolute Gasteiger partial charge is 0.404 e. The second kappa shape index (κ2) is 6.78. The maximum atomic E-state index is 11.1. The van der Waals surface area contributed by atoms with E-state index in [1.54, 1.807) is 18.2 Å². The minimum Gasteiger partial charge on any atom is -0.212 e. The highest BCUT2D eigenvalue weighted by Crippen LogP contribution is 2.18.